The van der Waals surface area contributed by atoms with E-state index < -0.39 is 5.54 Å². The number of hydrogen-bond acceptors (Lipinski definition) is 2. The zero-order valence-corrected chi connectivity index (χ0v) is 12.9. The molecule has 1 N–H and O–H groups in total. The van der Waals surface area contributed by atoms with Crippen LogP contribution in [0.1, 0.15) is 65.7 Å². The molecule has 110 valence electrons. The highest BCUT2D eigenvalue weighted by atomic mass is 16.2. The second kappa shape index (κ2) is 5.82. The van der Waals surface area contributed by atoms with Crippen molar-refractivity contribution in [2.24, 2.45) is 5.41 Å². The normalized spacial score (nSPS) is 23.6. The molecule has 2 fully saturated rings. The molecule has 0 aromatic carbocycles. The van der Waals surface area contributed by atoms with Crippen molar-refractivity contribution in [3.05, 3.63) is 0 Å². The van der Waals surface area contributed by atoms with E-state index in [-0.39, 0.29) is 5.91 Å². The van der Waals surface area contributed by atoms with Gasteiger partial charge in [0, 0.05) is 13.1 Å². The van der Waals surface area contributed by atoms with Crippen LogP contribution in [0.2, 0.25) is 0 Å². The number of rotatable bonds is 3. The fourth-order valence-corrected chi connectivity index (χ4v) is 3.90. The highest BCUT2D eigenvalue weighted by Crippen LogP contribution is 2.44. The van der Waals surface area contributed by atoms with E-state index in [1.807, 2.05) is 13.8 Å². The molecule has 2 rings (SSSR count). The zero-order chi connectivity index (χ0) is 13.9. The average Bonchev–Trinajstić information content (AvgIpc) is 2.40. The number of carbonyl (C=O) groups is 1. The molecule has 3 nitrogen and oxygen atoms in total. The van der Waals surface area contributed by atoms with Crippen molar-refractivity contribution in [3.63, 3.8) is 0 Å². The first-order valence-electron chi connectivity index (χ1n) is 8.04. The van der Waals surface area contributed by atoms with E-state index in [0.29, 0.717) is 5.41 Å². The number of piperidine rings is 1. The quantitative estimate of drug-likeness (QED) is 0.852. The molecule has 0 aromatic heterocycles. The summed E-state index contributed by atoms with van der Waals surface area (Å²) < 4.78 is 0. The number of amides is 1. The minimum atomic E-state index is -0.411. The van der Waals surface area contributed by atoms with Crippen molar-refractivity contribution >= 4 is 5.91 Å². The maximum absolute atomic E-state index is 12.5. The first-order chi connectivity index (χ1) is 8.99. The Bertz CT molecular complexity index is 309. The SMILES string of the molecule is CCNC(C)(C)C(=O)N1CCC2(CCCCC2)CC1. The Balaban J connectivity index is 1.90. The monoisotopic (exact) mass is 266 g/mol. The number of nitrogens with one attached hydrogen (secondary N) is 1. The van der Waals surface area contributed by atoms with Crippen LogP contribution in [0.15, 0.2) is 0 Å². The molecule has 3 heteroatoms. The van der Waals surface area contributed by atoms with Gasteiger partial charge >= 0.3 is 0 Å². The summed E-state index contributed by atoms with van der Waals surface area (Å²) in [5, 5.41) is 3.30. The highest BCUT2D eigenvalue weighted by molar-refractivity contribution is 5.85. The molecular weight excluding hydrogens is 236 g/mol. The number of hydrogen-bond donors (Lipinski definition) is 1. The van der Waals surface area contributed by atoms with Crippen molar-refractivity contribution < 1.29 is 4.79 Å². The van der Waals surface area contributed by atoms with E-state index in [1.54, 1.807) is 0 Å². The molecule has 1 aliphatic heterocycles. The fraction of sp³-hybridized carbons (Fsp3) is 0.938. The third kappa shape index (κ3) is 3.31. The van der Waals surface area contributed by atoms with Gasteiger partial charge < -0.3 is 10.2 Å². The Morgan fingerprint density at radius 3 is 2.21 bits per heavy atom. The Hall–Kier alpha value is -0.570. The molecule has 2 aliphatic rings. The van der Waals surface area contributed by atoms with E-state index in [2.05, 4.69) is 17.1 Å². The van der Waals surface area contributed by atoms with Crippen molar-refractivity contribution in [1.29, 1.82) is 0 Å². The number of carbonyl (C=O) groups excluding carboxylic acids is 1. The summed E-state index contributed by atoms with van der Waals surface area (Å²) in [6, 6.07) is 0. The third-order valence-electron chi connectivity index (χ3n) is 5.18. The van der Waals surface area contributed by atoms with E-state index in [4.69, 9.17) is 0 Å². The van der Waals surface area contributed by atoms with Gasteiger partial charge in [0.2, 0.25) is 5.91 Å². The lowest BCUT2D eigenvalue weighted by Gasteiger charge is -2.45. The van der Waals surface area contributed by atoms with E-state index in [0.717, 1.165) is 19.6 Å². The zero-order valence-electron chi connectivity index (χ0n) is 12.9. The molecule has 1 aliphatic carbocycles. The molecule has 1 amide bonds. The van der Waals surface area contributed by atoms with Crippen molar-refractivity contribution in [2.75, 3.05) is 19.6 Å². The minimum absolute atomic E-state index is 0.278. The molecule has 0 unspecified atom stereocenters. The van der Waals surface area contributed by atoms with Gasteiger partial charge in [-0.15, -0.1) is 0 Å². The highest BCUT2D eigenvalue weighted by Gasteiger charge is 2.39. The van der Waals surface area contributed by atoms with E-state index in [9.17, 15) is 4.79 Å². The van der Waals surface area contributed by atoms with Crippen LogP contribution in [0.3, 0.4) is 0 Å². The van der Waals surface area contributed by atoms with Gasteiger partial charge in [0.15, 0.2) is 0 Å². The topological polar surface area (TPSA) is 32.3 Å². The van der Waals surface area contributed by atoms with Crippen molar-refractivity contribution in [3.8, 4) is 0 Å². The van der Waals surface area contributed by atoms with Gasteiger partial charge in [-0.3, -0.25) is 4.79 Å². The summed E-state index contributed by atoms with van der Waals surface area (Å²) in [5.74, 6) is 0.278. The van der Waals surface area contributed by atoms with Crippen LogP contribution in [0.5, 0.6) is 0 Å². The van der Waals surface area contributed by atoms with Crippen LogP contribution in [0.4, 0.5) is 0 Å². The van der Waals surface area contributed by atoms with E-state index >= 15 is 0 Å². The number of nitrogens with zero attached hydrogens (tertiary/aromatic N) is 1. The van der Waals surface area contributed by atoms with Gasteiger partial charge in [-0.1, -0.05) is 26.2 Å². The van der Waals surface area contributed by atoms with Crippen LogP contribution in [-0.4, -0.2) is 36.0 Å². The summed E-state index contributed by atoms with van der Waals surface area (Å²) in [6.07, 6.45) is 9.45. The lowest BCUT2D eigenvalue weighted by atomic mass is 9.68. The van der Waals surface area contributed by atoms with Gasteiger partial charge in [-0.05, 0) is 51.5 Å². The Morgan fingerprint density at radius 2 is 1.68 bits per heavy atom. The van der Waals surface area contributed by atoms with Crippen molar-refractivity contribution in [1.82, 2.24) is 10.2 Å². The summed E-state index contributed by atoms with van der Waals surface area (Å²) in [5.41, 5.74) is 0.170. The first-order valence-corrected chi connectivity index (χ1v) is 8.04. The fourth-order valence-electron chi connectivity index (χ4n) is 3.90. The largest absolute Gasteiger partial charge is 0.341 e. The molecule has 0 atom stereocenters. The van der Waals surface area contributed by atoms with Gasteiger partial charge in [0.05, 0.1) is 5.54 Å². The summed E-state index contributed by atoms with van der Waals surface area (Å²) >= 11 is 0. The molecular formula is C16H30N2O. The Morgan fingerprint density at radius 1 is 1.11 bits per heavy atom. The summed E-state index contributed by atoms with van der Waals surface area (Å²) in [7, 11) is 0. The number of likely N-dealkylation sites (tertiary alicyclic amines) is 1. The van der Waals surface area contributed by atoms with Gasteiger partial charge in [-0.2, -0.15) is 0 Å². The molecule has 1 spiro atoms. The lowest BCUT2D eigenvalue weighted by molar-refractivity contribution is -0.139. The Kier molecular flexibility index (Phi) is 4.54. The summed E-state index contributed by atoms with van der Waals surface area (Å²) in [4.78, 5) is 14.6. The van der Waals surface area contributed by atoms with Crippen LogP contribution >= 0.6 is 0 Å². The molecule has 0 bridgehead atoms. The van der Waals surface area contributed by atoms with Gasteiger partial charge in [0.25, 0.3) is 0 Å². The smallest absolute Gasteiger partial charge is 0.242 e. The second-order valence-electron chi connectivity index (χ2n) is 7.01. The summed E-state index contributed by atoms with van der Waals surface area (Å²) in [6.45, 7) is 8.84. The predicted octanol–water partition coefficient (Wildman–Crippen LogP) is 2.95. The van der Waals surface area contributed by atoms with Gasteiger partial charge in [-0.25, -0.2) is 0 Å². The second-order valence-corrected chi connectivity index (χ2v) is 7.01. The van der Waals surface area contributed by atoms with Crippen LogP contribution in [-0.2, 0) is 4.79 Å². The molecule has 19 heavy (non-hydrogen) atoms. The molecule has 0 radical (unpaired) electrons. The lowest BCUT2D eigenvalue weighted by Crippen LogP contribution is -2.56. The predicted molar refractivity (Wildman–Crippen MR) is 79.1 cm³/mol. The molecule has 1 saturated carbocycles. The van der Waals surface area contributed by atoms with Crippen LogP contribution in [0.25, 0.3) is 0 Å². The standard InChI is InChI=1S/C16H30N2O/c1-4-17-15(2,3)14(19)18-12-10-16(11-13-18)8-6-5-7-9-16/h17H,4-13H2,1-3H3. The minimum Gasteiger partial charge on any atom is -0.341 e. The van der Waals surface area contributed by atoms with Crippen LogP contribution in [0, 0.1) is 5.41 Å². The molecule has 1 saturated heterocycles. The Labute approximate surface area is 118 Å². The van der Waals surface area contributed by atoms with E-state index in [1.165, 1.54) is 44.9 Å². The average molecular weight is 266 g/mol. The third-order valence-corrected chi connectivity index (χ3v) is 5.18. The maximum Gasteiger partial charge on any atom is 0.242 e. The first kappa shape index (κ1) is 14.8. The van der Waals surface area contributed by atoms with Crippen LogP contribution < -0.4 is 5.32 Å². The molecule has 1 heterocycles. The van der Waals surface area contributed by atoms with Crippen molar-refractivity contribution in [2.45, 2.75) is 71.3 Å². The number of likely N-dealkylation sites (N-methyl/N-ethyl adjacent to an activating group) is 1. The molecule has 0 aromatic rings. The van der Waals surface area contributed by atoms with Gasteiger partial charge in [0.1, 0.15) is 0 Å². The maximum atomic E-state index is 12.5.